The van der Waals surface area contributed by atoms with E-state index in [1.165, 1.54) is 5.56 Å². The zero-order valence-electron chi connectivity index (χ0n) is 18.1. The van der Waals surface area contributed by atoms with E-state index >= 15 is 0 Å². The summed E-state index contributed by atoms with van der Waals surface area (Å²) in [5.74, 6) is 0. The molecule has 1 aliphatic rings. The predicted molar refractivity (Wildman–Crippen MR) is 110 cm³/mol. The molecule has 0 aromatic heterocycles. The highest BCUT2D eigenvalue weighted by molar-refractivity contribution is 5.73. The molecule has 0 radical (unpaired) electrons. The maximum Gasteiger partial charge on any atom is 0.317 e. The number of hydroxylamine groups is 2. The fraction of sp³-hybridized carbons (Fsp3) is 0.682. The van der Waals surface area contributed by atoms with Gasteiger partial charge in [0.1, 0.15) is 6.10 Å². The number of carbonyl (C=O) groups is 1. The van der Waals surface area contributed by atoms with Gasteiger partial charge in [0.15, 0.2) is 0 Å². The number of nitrogens with zero attached hydrogens (tertiary/aromatic N) is 2. The molecule has 5 nitrogen and oxygen atoms in total. The largest absolute Gasteiger partial charge is 0.335 e. The lowest BCUT2D eigenvalue weighted by molar-refractivity contribution is -0.316. The Labute approximate surface area is 165 Å². The van der Waals surface area contributed by atoms with Gasteiger partial charge in [0, 0.05) is 31.2 Å². The molecule has 27 heavy (non-hydrogen) atoms. The SMILES string of the molecule is CCC1(CC)CC(NC(=O)N(C)C)CC(C)(C)N1OC(C)c1ccccc1. The van der Waals surface area contributed by atoms with Gasteiger partial charge in [-0.15, -0.1) is 0 Å². The Morgan fingerprint density at radius 2 is 1.81 bits per heavy atom. The maximum atomic E-state index is 12.2. The van der Waals surface area contributed by atoms with Crippen LogP contribution in [0.4, 0.5) is 4.79 Å². The van der Waals surface area contributed by atoms with Crippen LogP contribution in [0, 0.1) is 0 Å². The van der Waals surface area contributed by atoms with E-state index in [2.05, 4.69) is 69.3 Å². The summed E-state index contributed by atoms with van der Waals surface area (Å²) in [6.45, 7) is 11.0. The molecule has 1 aliphatic heterocycles. The summed E-state index contributed by atoms with van der Waals surface area (Å²) in [4.78, 5) is 20.4. The van der Waals surface area contributed by atoms with Crippen LogP contribution in [0.1, 0.15) is 72.0 Å². The summed E-state index contributed by atoms with van der Waals surface area (Å²) < 4.78 is 0. The normalized spacial score (nSPS) is 22.9. The zero-order chi connectivity index (χ0) is 20.2. The van der Waals surface area contributed by atoms with Crippen molar-refractivity contribution in [3.63, 3.8) is 0 Å². The second kappa shape index (κ2) is 8.61. The highest BCUT2D eigenvalue weighted by Gasteiger charge is 2.50. The molecule has 0 spiro atoms. The maximum absolute atomic E-state index is 12.2. The van der Waals surface area contributed by atoms with Crippen LogP contribution in [0.2, 0.25) is 0 Å². The molecule has 1 N–H and O–H groups in total. The summed E-state index contributed by atoms with van der Waals surface area (Å²) in [6, 6.07) is 10.5. The highest BCUT2D eigenvalue weighted by atomic mass is 16.7. The number of piperidine rings is 1. The standard InChI is InChI=1S/C22H37N3O2/c1-8-22(9-2)16-19(23-20(26)24(6)7)15-21(4,5)25(22)27-17(3)18-13-11-10-12-14-18/h10-14,17,19H,8-9,15-16H2,1-7H3,(H,23,26). The third kappa shape index (κ3) is 4.82. The van der Waals surface area contributed by atoms with E-state index in [1.807, 2.05) is 6.07 Å². The van der Waals surface area contributed by atoms with Crippen molar-refractivity contribution in [3.8, 4) is 0 Å². The quantitative estimate of drug-likeness (QED) is 0.780. The number of urea groups is 1. The average Bonchev–Trinajstić information content (AvgIpc) is 2.63. The van der Waals surface area contributed by atoms with Gasteiger partial charge in [0.25, 0.3) is 0 Å². The Morgan fingerprint density at radius 3 is 2.33 bits per heavy atom. The predicted octanol–water partition coefficient (Wildman–Crippen LogP) is 4.75. The third-order valence-corrected chi connectivity index (χ3v) is 5.94. The topological polar surface area (TPSA) is 44.8 Å². The molecule has 5 heteroatoms. The molecular weight excluding hydrogens is 338 g/mol. The van der Waals surface area contributed by atoms with Gasteiger partial charge in [-0.1, -0.05) is 44.2 Å². The van der Waals surface area contributed by atoms with E-state index in [4.69, 9.17) is 4.84 Å². The van der Waals surface area contributed by atoms with Crippen molar-refractivity contribution in [2.45, 2.75) is 83.5 Å². The lowest BCUT2D eigenvalue weighted by atomic mass is 9.74. The first-order valence-electron chi connectivity index (χ1n) is 10.1. The summed E-state index contributed by atoms with van der Waals surface area (Å²) in [7, 11) is 3.57. The van der Waals surface area contributed by atoms with Crippen LogP contribution in [0.5, 0.6) is 0 Å². The molecule has 0 bridgehead atoms. The molecule has 2 rings (SSSR count). The number of nitrogens with one attached hydrogen (secondary N) is 1. The lowest BCUT2D eigenvalue weighted by Crippen LogP contribution is -2.66. The van der Waals surface area contributed by atoms with Gasteiger partial charge in [-0.05, 0) is 52.0 Å². The highest BCUT2D eigenvalue weighted by Crippen LogP contribution is 2.44. The first-order chi connectivity index (χ1) is 12.6. The Bertz CT molecular complexity index is 611. The summed E-state index contributed by atoms with van der Waals surface area (Å²) in [5, 5.41) is 5.45. The molecule has 1 fully saturated rings. The van der Waals surface area contributed by atoms with Crippen molar-refractivity contribution in [1.82, 2.24) is 15.3 Å². The van der Waals surface area contributed by atoms with Crippen molar-refractivity contribution in [3.05, 3.63) is 35.9 Å². The zero-order valence-corrected chi connectivity index (χ0v) is 18.1. The van der Waals surface area contributed by atoms with Gasteiger partial charge < -0.3 is 10.2 Å². The summed E-state index contributed by atoms with van der Waals surface area (Å²) in [6.07, 6.45) is 3.68. The van der Waals surface area contributed by atoms with Crippen LogP contribution in [0.3, 0.4) is 0 Å². The van der Waals surface area contributed by atoms with E-state index in [-0.39, 0.29) is 29.3 Å². The van der Waals surface area contributed by atoms with E-state index in [1.54, 1.807) is 19.0 Å². The van der Waals surface area contributed by atoms with Gasteiger partial charge in [0.05, 0.1) is 0 Å². The van der Waals surface area contributed by atoms with Crippen LogP contribution in [0.25, 0.3) is 0 Å². The van der Waals surface area contributed by atoms with E-state index in [9.17, 15) is 4.79 Å². The Hall–Kier alpha value is -1.59. The first-order valence-corrected chi connectivity index (χ1v) is 10.1. The molecule has 1 heterocycles. The molecular formula is C22H37N3O2. The van der Waals surface area contributed by atoms with Crippen LogP contribution in [-0.2, 0) is 4.84 Å². The second-order valence-corrected chi connectivity index (χ2v) is 8.65. The molecule has 152 valence electrons. The number of hydrogen-bond donors (Lipinski definition) is 1. The molecule has 1 aromatic carbocycles. The van der Waals surface area contributed by atoms with Gasteiger partial charge >= 0.3 is 6.03 Å². The van der Waals surface area contributed by atoms with Crippen molar-refractivity contribution in [2.24, 2.45) is 0 Å². The Kier molecular flexibility index (Phi) is 6.92. The minimum atomic E-state index is -0.183. The summed E-state index contributed by atoms with van der Waals surface area (Å²) >= 11 is 0. The van der Waals surface area contributed by atoms with E-state index in [0.29, 0.717) is 0 Å². The van der Waals surface area contributed by atoms with Gasteiger partial charge in [-0.3, -0.25) is 4.84 Å². The van der Waals surface area contributed by atoms with E-state index in [0.717, 1.165) is 25.7 Å². The molecule has 0 aliphatic carbocycles. The van der Waals surface area contributed by atoms with Crippen LogP contribution >= 0.6 is 0 Å². The molecule has 0 saturated carbocycles. The lowest BCUT2D eigenvalue weighted by Gasteiger charge is -2.57. The van der Waals surface area contributed by atoms with Crippen molar-refractivity contribution >= 4 is 6.03 Å². The number of rotatable bonds is 6. The molecule has 1 aromatic rings. The van der Waals surface area contributed by atoms with Gasteiger partial charge in [-0.2, -0.15) is 5.06 Å². The third-order valence-electron chi connectivity index (χ3n) is 5.94. The van der Waals surface area contributed by atoms with Gasteiger partial charge in [-0.25, -0.2) is 4.79 Å². The molecule has 2 atom stereocenters. The summed E-state index contributed by atoms with van der Waals surface area (Å²) in [5.41, 5.74) is 0.893. The fourth-order valence-corrected chi connectivity index (χ4v) is 4.37. The molecule has 2 unspecified atom stereocenters. The average molecular weight is 376 g/mol. The van der Waals surface area contributed by atoms with Crippen molar-refractivity contribution in [1.29, 1.82) is 0 Å². The van der Waals surface area contributed by atoms with Crippen LogP contribution in [-0.4, -0.2) is 47.2 Å². The number of hydrogen-bond acceptors (Lipinski definition) is 3. The molecule has 1 saturated heterocycles. The monoisotopic (exact) mass is 375 g/mol. The Morgan fingerprint density at radius 1 is 1.22 bits per heavy atom. The van der Waals surface area contributed by atoms with Crippen molar-refractivity contribution < 1.29 is 9.63 Å². The molecule has 2 amide bonds. The van der Waals surface area contributed by atoms with Crippen molar-refractivity contribution in [2.75, 3.05) is 14.1 Å². The van der Waals surface area contributed by atoms with Gasteiger partial charge in [0.2, 0.25) is 0 Å². The van der Waals surface area contributed by atoms with Crippen LogP contribution < -0.4 is 5.32 Å². The number of benzene rings is 1. The number of carbonyl (C=O) groups excluding carboxylic acids is 1. The first kappa shape index (κ1) is 21.7. The minimum absolute atomic E-state index is 0.0177. The minimum Gasteiger partial charge on any atom is -0.335 e. The van der Waals surface area contributed by atoms with Crippen LogP contribution in [0.15, 0.2) is 30.3 Å². The fourth-order valence-electron chi connectivity index (χ4n) is 4.37. The smallest absolute Gasteiger partial charge is 0.317 e. The number of amides is 2. The second-order valence-electron chi connectivity index (χ2n) is 8.65. The Balaban J connectivity index is 2.26. The van der Waals surface area contributed by atoms with E-state index < -0.39 is 0 Å².